The fraction of sp³-hybridized carbons (Fsp3) is 0.333. The number of phenols is 1. The van der Waals surface area contributed by atoms with Gasteiger partial charge in [0.2, 0.25) is 0 Å². The highest BCUT2D eigenvalue weighted by atomic mass is 16.5. The minimum atomic E-state index is -0.208. The van der Waals surface area contributed by atoms with Crippen LogP contribution in [0.3, 0.4) is 0 Å². The van der Waals surface area contributed by atoms with Crippen LogP contribution >= 0.6 is 0 Å². The summed E-state index contributed by atoms with van der Waals surface area (Å²) in [6.07, 6.45) is 2.11. The van der Waals surface area contributed by atoms with Crippen LogP contribution in [0.15, 0.2) is 36.4 Å². The third-order valence-corrected chi connectivity index (χ3v) is 3.49. The second kappa shape index (κ2) is 7.59. The van der Waals surface area contributed by atoms with E-state index >= 15 is 0 Å². The number of ketones is 1. The number of ether oxygens (including phenoxy) is 1. The third-order valence-electron chi connectivity index (χ3n) is 3.49. The summed E-state index contributed by atoms with van der Waals surface area (Å²) in [7, 11) is 0. The Labute approximate surface area is 129 Å². The number of benzene rings is 2. The van der Waals surface area contributed by atoms with Crippen LogP contribution < -0.4 is 0 Å². The first-order valence-corrected chi connectivity index (χ1v) is 7.51. The predicted octanol–water partition coefficient (Wildman–Crippen LogP) is 3.85. The second-order valence-corrected chi connectivity index (χ2v) is 5.18. The zero-order valence-corrected chi connectivity index (χ0v) is 12.7. The van der Waals surface area contributed by atoms with Crippen LogP contribution in [0, 0.1) is 0 Å². The summed E-state index contributed by atoms with van der Waals surface area (Å²) in [5.41, 5.74) is 0.661. The zero-order chi connectivity index (χ0) is 15.9. The lowest BCUT2D eigenvalue weighted by Gasteiger charge is -2.04. The molecule has 0 fully saturated rings. The van der Waals surface area contributed by atoms with Crippen molar-refractivity contribution in [3.05, 3.63) is 42.0 Å². The number of fused-ring (bicyclic) bond motifs is 1. The van der Waals surface area contributed by atoms with Gasteiger partial charge in [-0.1, -0.05) is 18.2 Å². The number of hydrogen-bond donors (Lipinski definition) is 1. The van der Waals surface area contributed by atoms with Crippen LogP contribution in [0.25, 0.3) is 10.8 Å². The van der Waals surface area contributed by atoms with Gasteiger partial charge in [0.1, 0.15) is 5.75 Å². The smallest absolute Gasteiger partial charge is 0.305 e. The van der Waals surface area contributed by atoms with Crippen molar-refractivity contribution in [1.29, 1.82) is 0 Å². The summed E-state index contributed by atoms with van der Waals surface area (Å²) in [6.45, 7) is 2.17. The van der Waals surface area contributed by atoms with Crippen molar-refractivity contribution < 1.29 is 19.4 Å². The van der Waals surface area contributed by atoms with Crippen molar-refractivity contribution in [2.75, 3.05) is 6.61 Å². The van der Waals surface area contributed by atoms with Crippen LogP contribution in [0.5, 0.6) is 5.75 Å². The monoisotopic (exact) mass is 300 g/mol. The molecule has 0 atom stereocenters. The lowest BCUT2D eigenvalue weighted by molar-refractivity contribution is -0.143. The molecule has 0 aliphatic rings. The summed E-state index contributed by atoms with van der Waals surface area (Å²) < 4.78 is 4.85. The van der Waals surface area contributed by atoms with Gasteiger partial charge < -0.3 is 9.84 Å². The van der Waals surface area contributed by atoms with E-state index in [4.69, 9.17) is 4.74 Å². The molecule has 116 valence electrons. The predicted molar refractivity (Wildman–Crippen MR) is 85.0 cm³/mol. The maximum atomic E-state index is 12.2. The van der Waals surface area contributed by atoms with E-state index in [0.717, 1.165) is 10.8 Å². The largest absolute Gasteiger partial charge is 0.508 e. The Morgan fingerprint density at radius 3 is 2.45 bits per heavy atom. The zero-order valence-electron chi connectivity index (χ0n) is 12.7. The molecule has 2 aromatic rings. The van der Waals surface area contributed by atoms with Gasteiger partial charge in [-0.3, -0.25) is 9.59 Å². The van der Waals surface area contributed by atoms with Gasteiger partial charge >= 0.3 is 5.97 Å². The molecule has 0 aliphatic carbocycles. The molecule has 0 radical (unpaired) electrons. The van der Waals surface area contributed by atoms with Crippen molar-refractivity contribution in [3.8, 4) is 5.75 Å². The van der Waals surface area contributed by atoms with Crippen molar-refractivity contribution in [3.63, 3.8) is 0 Å². The number of phenolic OH excluding ortho intramolecular Hbond substituents is 1. The van der Waals surface area contributed by atoms with Crippen LogP contribution in [0.1, 0.15) is 43.0 Å². The molecule has 0 amide bonds. The molecule has 4 nitrogen and oxygen atoms in total. The van der Waals surface area contributed by atoms with Gasteiger partial charge in [0, 0.05) is 18.4 Å². The Kier molecular flexibility index (Phi) is 5.53. The van der Waals surface area contributed by atoms with Gasteiger partial charge in [-0.2, -0.15) is 0 Å². The molecule has 0 bridgehead atoms. The molecule has 0 saturated carbocycles. The Bertz CT molecular complexity index is 676. The van der Waals surface area contributed by atoms with Gasteiger partial charge in [0.15, 0.2) is 5.78 Å². The summed E-state index contributed by atoms with van der Waals surface area (Å²) in [6, 6.07) is 10.5. The number of unbranched alkanes of at least 4 members (excludes halogenated alkanes) is 1. The minimum Gasteiger partial charge on any atom is -0.508 e. The van der Waals surface area contributed by atoms with E-state index in [9.17, 15) is 14.7 Å². The number of carbonyl (C=O) groups excluding carboxylic acids is 2. The van der Waals surface area contributed by atoms with Crippen LogP contribution in [-0.4, -0.2) is 23.5 Å². The number of Topliss-reactive ketones (excluding diaryl/α,β-unsaturated/α-hetero) is 1. The maximum Gasteiger partial charge on any atom is 0.305 e. The maximum absolute atomic E-state index is 12.2. The molecule has 0 aromatic heterocycles. The van der Waals surface area contributed by atoms with Crippen molar-refractivity contribution in [2.24, 2.45) is 0 Å². The molecular formula is C18H20O4. The van der Waals surface area contributed by atoms with Gasteiger partial charge in [-0.15, -0.1) is 0 Å². The first kappa shape index (κ1) is 16.0. The van der Waals surface area contributed by atoms with Crippen LogP contribution in [0.4, 0.5) is 0 Å². The van der Waals surface area contributed by atoms with E-state index in [1.165, 1.54) is 0 Å². The summed E-state index contributed by atoms with van der Waals surface area (Å²) in [5.74, 6) is 0.0739. The SMILES string of the molecule is CCOC(=O)CCCCC(=O)c1ccc2cc(O)ccc2c1. The lowest BCUT2D eigenvalue weighted by Crippen LogP contribution is -2.04. The fourth-order valence-corrected chi connectivity index (χ4v) is 2.34. The Morgan fingerprint density at radius 2 is 1.68 bits per heavy atom. The first-order chi connectivity index (χ1) is 10.6. The number of aromatic hydroxyl groups is 1. The van der Waals surface area contributed by atoms with E-state index in [-0.39, 0.29) is 17.5 Å². The number of hydrogen-bond acceptors (Lipinski definition) is 4. The van der Waals surface area contributed by atoms with Gasteiger partial charge in [0.25, 0.3) is 0 Å². The first-order valence-electron chi connectivity index (χ1n) is 7.51. The minimum absolute atomic E-state index is 0.0684. The fourth-order valence-electron chi connectivity index (χ4n) is 2.34. The second-order valence-electron chi connectivity index (χ2n) is 5.18. The van der Waals surface area contributed by atoms with Crippen molar-refractivity contribution in [2.45, 2.75) is 32.6 Å². The van der Waals surface area contributed by atoms with E-state index < -0.39 is 0 Å². The molecular weight excluding hydrogens is 280 g/mol. The molecule has 1 N–H and O–H groups in total. The van der Waals surface area contributed by atoms with Gasteiger partial charge in [-0.25, -0.2) is 0 Å². The van der Waals surface area contributed by atoms with Crippen molar-refractivity contribution in [1.82, 2.24) is 0 Å². The number of esters is 1. The average molecular weight is 300 g/mol. The van der Waals surface area contributed by atoms with E-state index in [2.05, 4.69) is 0 Å². The topological polar surface area (TPSA) is 63.6 Å². The molecule has 0 saturated heterocycles. The van der Waals surface area contributed by atoms with E-state index in [1.807, 2.05) is 12.1 Å². The van der Waals surface area contributed by atoms with Crippen LogP contribution in [0.2, 0.25) is 0 Å². The quantitative estimate of drug-likeness (QED) is 0.479. The Hall–Kier alpha value is -2.36. The Morgan fingerprint density at radius 1 is 1.00 bits per heavy atom. The van der Waals surface area contributed by atoms with Crippen molar-refractivity contribution >= 4 is 22.5 Å². The molecule has 2 aromatic carbocycles. The molecule has 22 heavy (non-hydrogen) atoms. The van der Waals surface area contributed by atoms with E-state index in [0.29, 0.717) is 37.9 Å². The molecule has 0 spiro atoms. The molecule has 0 aliphatic heterocycles. The average Bonchev–Trinajstić information content (AvgIpc) is 2.51. The number of carbonyl (C=O) groups is 2. The molecule has 0 heterocycles. The summed E-state index contributed by atoms with van der Waals surface area (Å²) >= 11 is 0. The molecule has 4 heteroatoms. The lowest BCUT2D eigenvalue weighted by atomic mass is 10.0. The molecule has 0 unspecified atom stereocenters. The summed E-state index contributed by atoms with van der Waals surface area (Å²) in [4.78, 5) is 23.4. The summed E-state index contributed by atoms with van der Waals surface area (Å²) in [5, 5.41) is 11.3. The highest BCUT2D eigenvalue weighted by Crippen LogP contribution is 2.22. The Balaban J connectivity index is 1.90. The van der Waals surface area contributed by atoms with Gasteiger partial charge in [0.05, 0.1) is 6.61 Å². The van der Waals surface area contributed by atoms with Crippen LogP contribution in [-0.2, 0) is 9.53 Å². The van der Waals surface area contributed by atoms with Gasteiger partial charge in [-0.05, 0) is 48.7 Å². The standard InChI is InChI=1S/C18H20O4/c1-2-22-18(21)6-4-3-5-17(20)15-8-7-14-12-16(19)10-9-13(14)11-15/h7-12,19H,2-6H2,1H3. The number of rotatable bonds is 7. The highest BCUT2D eigenvalue weighted by molar-refractivity contribution is 6.00. The van der Waals surface area contributed by atoms with E-state index in [1.54, 1.807) is 31.2 Å². The molecule has 2 rings (SSSR count). The third kappa shape index (κ3) is 4.32. The normalized spacial score (nSPS) is 10.6. The highest BCUT2D eigenvalue weighted by Gasteiger charge is 2.08.